The van der Waals surface area contributed by atoms with Gasteiger partial charge in [-0.1, -0.05) is 0 Å². The molecule has 27 heavy (non-hydrogen) atoms. The molecule has 1 heterocycles. The smallest absolute Gasteiger partial charge is 0.412 e. The van der Waals surface area contributed by atoms with E-state index in [2.05, 4.69) is 4.99 Å². The molecule has 0 saturated carbocycles. The molecule has 1 atom stereocenters. The van der Waals surface area contributed by atoms with E-state index in [1.54, 1.807) is 24.3 Å². The van der Waals surface area contributed by atoms with Crippen LogP contribution in [-0.2, 0) is 9.84 Å². The Kier molecular flexibility index (Phi) is 4.90. The van der Waals surface area contributed by atoms with Gasteiger partial charge in [0, 0.05) is 17.5 Å². The Bertz CT molecular complexity index is 953. The maximum atomic E-state index is 13.2. The van der Waals surface area contributed by atoms with E-state index in [0.29, 0.717) is 17.0 Å². The summed E-state index contributed by atoms with van der Waals surface area (Å²) >= 11 is 0. The van der Waals surface area contributed by atoms with Gasteiger partial charge in [0.15, 0.2) is 15.9 Å². The van der Waals surface area contributed by atoms with Crippen LogP contribution in [0.2, 0.25) is 0 Å². The van der Waals surface area contributed by atoms with E-state index in [1.165, 1.54) is 36.3 Å². The average molecular weight is 398 g/mol. The van der Waals surface area contributed by atoms with Crippen molar-refractivity contribution < 1.29 is 26.3 Å². The number of amidine groups is 1. The summed E-state index contributed by atoms with van der Waals surface area (Å²) in [4.78, 5) is 5.41. The molecule has 144 valence electrons. The third-order valence-electron chi connectivity index (χ3n) is 4.19. The van der Waals surface area contributed by atoms with Gasteiger partial charge < -0.3 is 9.64 Å². The molecule has 2 aromatic rings. The summed E-state index contributed by atoms with van der Waals surface area (Å²) in [6.45, 7) is -0.372. The summed E-state index contributed by atoms with van der Waals surface area (Å²) in [7, 11) is -1.90. The molecule has 0 spiro atoms. The fourth-order valence-corrected chi connectivity index (χ4v) is 3.40. The normalized spacial score (nSPS) is 17.7. The van der Waals surface area contributed by atoms with Crippen LogP contribution in [0.5, 0.6) is 5.75 Å². The lowest BCUT2D eigenvalue weighted by Gasteiger charge is -2.22. The van der Waals surface area contributed by atoms with Crippen LogP contribution in [0.25, 0.3) is 0 Å². The standard InChI is InChI=1S/C18H17F3N2O3S/c1-26-14-7-3-12(4-8-14)17-22-16(18(19,20)21)11-23(17)13-5-9-15(10-6-13)27(2,24)25/h3-10,16H,11H2,1-2H3. The van der Waals surface area contributed by atoms with Gasteiger partial charge in [0.25, 0.3) is 0 Å². The highest BCUT2D eigenvalue weighted by Crippen LogP contribution is 2.32. The highest BCUT2D eigenvalue weighted by molar-refractivity contribution is 7.90. The number of hydrogen-bond acceptors (Lipinski definition) is 5. The van der Waals surface area contributed by atoms with Crippen molar-refractivity contribution in [2.24, 2.45) is 4.99 Å². The molecule has 1 aliphatic rings. The zero-order valence-electron chi connectivity index (χ0n) is 14.6. The lowest BCUT2D eigenvalue weighted by Crippen LogP contribution is -2.35. The van der Waals surface area contributed by atoms with Gasteiger partial charge >= 0.3 is 6.18 Å². The molecule has 2 aromatic carbocycles. The lowest BCUT2D eigenvalue weighted by atomic mass is 10.1. The number of sulfone groups is 1. The number of hydrogen-bond donors (Lipinski definition) is 0. The SMILES string of the molecule is COc1ccc(C2=NC(C(F)(F)F)CN2c2ccc(S(C)(=O)=O)cc2)cc1. The second-order valence-electron chi connectivity index (χ2n) is 6.12. The molecule has 0 aliphatic carbocycles. The number of ether oxygens (including phenoxy) is 1. The molecule has 0 aromatic heterocycles. The lowest BCUT2D eigenvalue weighted by molar-refractivity contribution is -0.142. The van der Waals surface area contributed by atoms with Crippen molar-refractivity contribution in [3.05, 3.63) is 54.1 Å². The fraction of sp³-hybridized carbons (Fsp3) is 0.278. The molecular weight excluding hydrogens is 381 g/mol. The van der Waals surface area contributed by atoms with E-state index in [4.69, 9.17) is 4.74 Å². The number of nitrogens with zero attached hydrogens (tertiary/aromatic N) is 2. The van der Waals surface area contributed by atoms with Crippen LogP contribution >= 0.6 is 0 Å². The van der Waals surface area contributed by atoms with Crippen molar-refractivity contribution in [1.82, 2.24) is 0 Å². The summed E-state index contributed by atoms with van der Waals surface area (Å²) < 4.78 is 68.0. The van der Waals surface area contributed by atoms with E-state index in [9.17, 15) is 21.6 Å². The van der Waals surface area contributed by atoms with E-state index >= 15 is 0 Å². The summed E-state index contributed by atoms with van der Waals surface area (Å²) in [6, 6.07) is 10.4. The van der Waals surface area contributed by atoms with Gasteiger partial charge in [-0.3, -0.25) is 4.99 Å². The number of benzene rings is 2. The zero-order chi connectivity index (χ0) is 19.8. The second-order valence-corrected chi connectivity index (χ2v) is 8.13. The number of anilines is 1. The van der Waals surface area contributed by atoms with E-state index in [-0.39, 0.29) is 17.3 Å². The van der Waals surface area contributed by atoms with E-state index in [0.717, 1.165) is 6.26 Å². The quantitative estimate of drug-likeness (QED) is 0.793. The van der Waals surface area contributed by atoms with Gasteiger partial charge in [0.1, 0.15) is 11.6 Å². The first kappa shape index (κ1) is 19.2. The van der Waals surface area contributed by atoms with Crippen molar-refractivity contribution in [2.45, 2.75) is 17.1 Å². The number of methoxy groups -OCH3 is 1. The number of halogens is 3. The van der Waals surface area contributed by atoms with Crippen molar-refractivity contribution in [3.8, 4) is 5.75 Å². The molecule has 1 unspecified atom stereocenters. The van der Waals surface area contributed by atoms with Crippen molar-refractivity contribution in [2.75, 3.05) is 24.8 Å². The molecule has 5 nitrogen and oxygen atoms in total. The minimum absolute atomic E-state index is 0.0979. The predicted octanol–water partition coefficient (Wildman–Crippen LogP) is 3.30. The van der Waals surface area contributed by atoms with Gasteiger partial charge in [-0.15, -0.1) is 0 Å². The first-order chi connectivity index (χ1) is 12.6. The van der Waals surface area contributed by atoms with Crippen LogP contribution in [0, 0.1) is 0 Å². The first-order valence-electron chi connectivity index (χ1n) is 7.96. The highest BCUT2D eigenvalue weighted by Gasteiger charge is 2.45. The Morgan fingerprint density at radius 1 is 1.07 bits per heavy atom. The Hall–Kier alpha value is -2.55. The van der Waals surface area contributed by atoms with Gasteiger partial charge in [0.2, 0.25) is 0 Å². The van der Waals surface area contributed by atoms with Crippen molar-refractivity contribution in [3.63, 3.8) is 0 Å². The third kappa shape index (κ3) is 4.08. The predicted molar refractivity (Wildman–Crippen MR) is 96.3 cm³/mol. The van der Waals surface area contributed by atoms with Crippen molar-refractivity contribution >= 4 is 21.4 Å². The maximum absolute atomic E-state index is 13.2. The molecule has 0 N–H and O–H groups in total. The molecule has 9 heteroatoms. The molecule has 0 bridgehead atoms. The van der Waals surface area contributed by atoms with Crippen LogP contribution in [0.1, 0.15) is 5.56 Å². The Labute approximate surface area is 155 Å². The van der Waals surface area contributed by atoms with Crippen LogP contribution in [0.4, 0.5) is 18.9 Å². The number of alkyl halides is 3. The topological polar surface area (TPSA) is 59.0 Å². The highest BCUT2D eigenvalue weighted by atomic mass is 32.2. The van der Waals surface area contributed by atoms with Gasteiger partial charge in [-0.05, 0) is 48.5 Å². The molecule has 0 saturated heterocycles. The number of rotatable bonds is 4. The monoisotopic (exact) mass is 398 g/mol. The van der Waals surface area contributed by atoms with Crippen LogP contribution < -0.4 is 9.64 Å². The zero-order valence-corrected chi connectivity index (χ0v) is 15.4. The Morgan fingerprint density at radius 3 is 2.15 bits per heavy atom. The van der Waals surface area contributed by atoms with Crippen molar-refractivity contribution in [1.29, 1.82) is 0 Å². The Balaban J connectivity index is 2.00. The molecule has 0 amide bonds. The summed E-state index contributed by atoms with van der Waals surface area (Å²) in [5.41, 5.74) is 0.943. The number of aliphatic imine (C=N–C) groups is 1. The third-order valence-corrected chi connectivity index (χ3v) is 5.32. The molecule has 0 radical (unpaired) electrons. The summed E-state index contributed by atoms with van der Waals surface area (Å²) in [5, 5.41) is 0. The maximum Gasteiger partial charge on any atom is 0.412 e. The second kappa shape index (κ2) is 6.88. The minimum Gasteiger partial charge on any atom is -0.497 e. The van der Waals surface area contributed by atoms with Gasteiger partial charge in [-0.25, -0.2) is 8.42 Å². The Morgan fingerprint density at radius 2 is 1.67 bits per heavy atom. The van der Waals surface area contributed by atoms with Gasteiger partial charge in [0.05, 0.1) is 18.6 Å². The van der Waals surface area contributed by atoms with Gasteiger partial charge in [-0.2, -0.15) is 13.2 Å². The first-order valence-corrected chi connectivity index (χ1v) is 9.85. The van der Waals surface area contributed by atoms with E-state index in [1.807, 2.05) is 0 Å². The minimum atomic E-state index is -4.47. The largest absolute Gasteiger partial charge is 0.497 e. The van der Waals surface area contributed by atoms with Crippen LogP contribution in [0.3, 0.4) is 0 Å². The average Bonchev–Trinajstić information content (AvgIpc) is 3.07. The summed E-state index contributed by atoms with van der Waals surface area (Å²) in [6.07, 6.45) is -3.40. The van der Waals surface area contributed by atoms with Crippen LogP contribution in [0.15, 0.2) is 58.4 Å². The fourth-order valence-electron chi connectivity index (χ4n) is 2.77. The molecular formula is C18H17F3N2O3S. The summed E-state index contributed by atoms with van der Waals surface area (Å²) in [5.74, 6) is 0.751. The molecule has 3 rings (SSSR count). The van der Waals surface area contributed by atoms with Crippen LogP contribution in [-0.4, -0.2) is 46.4 Å². The van der Waals surface area contributed by atoms with E-state index < -0.39 is 22.1 Å². The molecule has 0 fully saturated rings. The molecule has 1 aliphatic heterocycles.